The zero-order valence-corrected chi connectivity index (χ0v) is 10.7. The SMILES string of the molecule is CC(C)CNc1nc(C(=O)O)nc2c1CNCC2. The Labute approximate surface area is 106 Å². The summed E-state index contributed by atoms with van der Waals surface area (Å²) in [4.78, 5) is 19.2. The van der Waals surface area contributed by atoms with Crippen molar-refractivity contribution < 1.29 is 9.90 Å². The highest BCUT2D eigenvalue weighted by molar-refractivity contribution is 5.83. The third kappa shape index (κ3) is 2.76. The van der Waals surface area contributed by atoms with E-state index in [0.717, 1.165) is 30.8 Å². The van der Waals surface area contributed by atoms with Gasteiger partial charge in [0.25, 0.3) is 0 Å². The first kappa shape index (κ1) is 12.8. The molecule has 98 valence electrons. The summed E-state index contributed by atoms with van der Waals surface area (Å²) in [6, 6.07) is 0. The number of carbonyl (C=O) groups is 1. The number of carboxylic acids is 1. The number of carboxylic acid groups (broad SMARTS) is 1. The fraction of sp³-hybridized carbons (Fsp3) is 0.583. The summed E-state index contributed by atoms with van der Waals surface area (Å²) < 4.78 is 0. The van der Waals surface area contributed by atoms with Crippen LogP contribution in [0.1, 0.15) is 35.7 Å². The van der Waals surface area contributed by atoms with Gasteiger partial charge in [0.05, 0.1) is 5.69 Å². The molecule has 0 unspecified atom stereocenters. The molecule has 0 atom stereocenters. The standard InChI is InChI=1S/C12H18N4O2/c1-7(2)5-14-10-8-6-13-4-3-9(8)15-11(16-10)12(17)18/h7,13H,3-6H2,1-2H3,(H,17,18)(H,14,15,16). The van der Waals surface area contributed by atoms with Gasteiger partial charge in [-0.3, -0.25) is 0 Å². The summed E-state index contributed by atoms with van der Waals surface area (Å²) in [5.41, 5.74) is 1.83. The van der Waals surface area contributed by atoms with E-state index in [-0.39, 0.29) is 5.82 Å². The monoisotopic (exact) mass is 250 g/mol. The number of nitrogens with one attached hydrogen (secondary N) is 2. The van der Waals surface area contributed by atoms with Crippen LogP contribution in [0.4, 0.5) is 5.82 Å². The van der Waals surface area contributed by atoms with Crippen molar-refractivity contribution in [3.05, 3.63) is 17.1 Å². The van der Waals surface area contributed by atoms with Crippen LogP contribution in [0.25, 0.3) is 0 Å². The van der Waals surface area contributed by atoms with Crippen LogP contribution in [0.5, 0.6) is 0 Å². The number of nitrogens with zero attached hydrogens (tertiary/aromatic N) is 2. The zero-order valence-electron chi connectivity index (χ0n) is 10.7. The maximum atomic E-state index is 11.0. The molecule has 0 saturated heterocycles. The van der Waals surface area contributed by atoms with Gasteiger partial charge in [-0.25, -0.2) is 14.8 Å². The predicted octanol–water partition coefficient (Wildman–Crippen LogP) is 0.888. The predicted molar refractivity (Wildman–Crippen MR) is 67.7 cm³/mol. The molecule has 2 heterocycles. The molecule has 1 aliphatic heterocycles. The Balaban J connectivity index is 2.34. The molecule has 0 amide bonds. The maximum absolute atomic E-state index is 11.0. The number of aromatic nitrogens is 2. The van der Waals surface area contributed by atoms with E-state index in [0.29, 0.717) is 18.3 Å². The van der Waals surface area contributed by atoms with Crippen molar-refractivity contribution in [1.29, 1.82) is 0 Å². The quantitative estimate of drug-likeness (QED) is 0.735. The van der Waals surface area contributed by atoms with Crippen LogP contribution >= 0.6 is 0 Å². The van der Waals surface area contributed by atoms with Gasteiger partial charge in [-0.15, -0.1) is 0 Å². The summed E-state index contributed by atoms with van der Waals surface area (Å²) >= 11 is 0. The second-order valence-electron chi connectivity index (χ2n) is 4.83. The topological polar surface area (TPSA) is 87.1 Å². The Bertz CT molecular complexity index is 460. The van der Waals surface area contributed by atoms with E-state index in [1.54, 1.807) is 0 Å². The van der Waals surface area contributed by atoms with E-state index in [4.69, 9.17) is 5.11 Å². The molecule has 1 aromatic rings. The molecule has 0 fully saturated rings. The van der Waals surface area contributed by atoms with Gasteiger partial charge >= 0.3 is 5.97 Å². The second kappa shape index (κ2) is 5.30. The average molecular weight is 250 g/mol. The van der Waals surface area contributed by atoms with Gasteiger partial charge in [-0.2, -0.15) is 0 Å². The number of rotatable bonds is 4. The summed E-state index contributed by atoms with van der Waals surface area (Å²) in [7, 11) is 0. The molecule has 0 saturated carbocycles. The molecule has 0 aliphatic carbocycles. The number of aromatic carboxylic acids is 1. The fourth-order valence-electron chi connectivity index (χ4n) is 1.89. The zero-order chi connectivity index (χ0) is 13.1. The minimum absolute atomic E-state index is 0.123. The van der Waals surface area contributed by atoms with Crippen LogP contribution < -0.4 is 10.6 Å². The van der Waals surface area contributed by atoms with E-state index < -0.39 is 5.97 Å². The van der Waals surface area contributed by atoms with Crippen LogP contribution in [0.2, 0.25) is 0 Å². The Kier molecular flexibility index (Phi) is 3.76. The van der Waals surface area contributed by atoms with Gasteiger partial charge in [0.2, 0.25) is 5.82 Å². The maximum Gasteiger partial charge on any atom is 0.374 e. The molecule has 0 bridgehead atoms. The van der Waals surface area contributed by atoms with Crippen LogP contribution in [0.3, 0.4) is 0 Å². The number of hydrogen-bond donors (Lipinski definition) is 3. The molecule has 1 aliphatic rings. The van der Waals surface area contributed by atoms with E-state index in [9.17, 15) is 4.79 Å². The Morgan fingerprint density at radius 1 is 1.50 bits per heavy atom. The summed E-state index contributed by atoms with van der Waals surface area (Å²) in [5, 5.41) is 15.5. The minimum atomic E-state index is -1.08. The molecule has 6 heteroatoms. The largest absolute Gasteiger partial charge is 0.475 e. The molecule has 0 aromatic carbocycles. The van der Waals surface area contributed by atoms with Crippen molar-refractivity contribution >= 4 is 11.8 Å². The second-order valence-corrected chi connectivity index (χ2v) is 4.83. The molecule has 18 heavy (non-hydrogen) atoms. The highest BCUT2D eigenvalue weighted by Crippen LogP contribution is 2.20. The Morgan fingerprint density at radius 2 is 2.28 bits per heavy atom. The Hall–Kier alpha value is -1.69. The van der Waals surface area contributed by atoms with Crippen LogP contribution in [-0.2, 0) is 13.0 Å². The van der Waals surface area contributed by atoms with Crippen molar-refractivity contribution in [2.75, 3.05) is 18.4 Å². The van der Waals surface area contributed by atoms with E-state index >= 15 is 0 Å². The van der Waals surface area contributed by atoms with Gasteiger partial charge in [0, 0.05) is 31.6 Å². The summed E-state index contributed by atoms with van der Waals surface area (Å²) in [6.07, 6.45) is 0.745. The Morgan fingerprint density at radius 3 is 2.94 bits per heavy atom. The van der Waals surface area contributed by atoms with Gasteiger partial charge in [-0.05, 0) is 5.92 Å². The highest BCUT2D eigenvalue weighted by atomic mass is 16.4. The van der Waals surface area contributed by atoms with Crippen molar-refractivity contribution in [3.8, 4) is 0 Å². The fourth-order valence-corrected chi connectivity index (χ4v) is 1.89. The van der Waals surface area contributed by atoms with Crippen LogP contribution in [-0.4, -0.2) is 34.1 Å². The summed E-state index contributed by atoms with van der Waals surface area (Å²) in [5.74, 6) is -0.0791. The number of fused-ring (bicyclic) bond motifs is 1. The minimum Gasteiger partial charge on any atom is -0.475 e. The van der Waals surface area contributed by atoms with Crippen molar-refractivity contribution in [3.63, 3.8) is 0 Å². The van der Waals surface area contributed by atoms with Crippen molar-refractivity contribution in [1.82, 2.24) is 15.3 Å². The van der Waals surface area contributed by atoms with Crippen LogP contribution in [0, 0.1) is 5.92 Å². The first-order valence-corrected chi connectivity index (χ1v) is 6.15. The normalized spacial score (nSPS) is 14.4. The molecular weight excluding hydrogens is 232 g/mol. The molecule has 3 N–H and O–H groups in total. The highest BCUT2D eigenvalue weighted by Gasteiger charge is 2.20. The third-order valence-electron chi connectivity index (χ3n) is 2.80. The van der Waals surface area contributed by atoms with Crippen molar-refractivity contribution in [2.45, 2.75) is 26.8 Å². The first-order chi connectivity index (χ1) is 8.58. The lowest BCUT2D eigenvalue weighted by Gasteiger charge is -2.20. The average Bonchev–Trinajstić information content (AvgIpc) is 2.35. The first-order valence-electron chi connectivity index (χ1n) is 6.15. The van der Waals surface area contributed by atoms with Crippen molar-refractivity contribution in [2.24, 2.45) is 5.92 Å². The molecule has 6 nitrogen and oxygen atoms in total. The molecular formula is C12H18N4O2. The van der Waals surface area contributed by atoms with E-state index in [1.165, 1.54) is 0 Å². The lowest BCUT2D eigenvalue weighted by molar-refractivity contribution is 0.0683. The van der Waals surface area contributed by atoms with E-state index in [1.807, 2.05) is 0 Å². The molecule has 1 aromatic heterocycles. The summed E-state index contributed by atoms with van der Waals surface area (Å²) in [6.45, 7) is 6.47. The van der Waals surface area contributed by atoms with Gasteiger partial charge in [-0.1, -0.05) is 13.8 Å². The lowest BCUT2D eigenvalue weighted by atomic mass is 10.1. The number of anilines is 1. The molecule has 0 radical (unpaired) electrons. The number of hydrogen-bond acceptors (Lipinski definition) is 5. The molecule has 2 rings (SSSR count). The smallest absolute Gasteiger partial charge is 0.374 e. The van der Waals surface area contributed by atoms with Gasteiger partial charge < -0.3 is 15.7 Å². The van der Waals surface area contributed by atoms with E-state index in [2.05, 4.69) is 34.4 Å². The van der Waals surface area contributed by atoms with Crippen LogP contribution in [0.15, 0.2) is 0 Å². The third-order valence-corrected chi connectivity index (χ3v) is 2.80. The molecule has 0 spiro atoms. The van der Waals surface area contributed by atoms with Gasteiger partial charge in [0.1, 0.15) is 5.82 Å². The van der Waals surface area contributed by atoms with Gasteiger partial charge in [0.15, 0.2) is 0 Å². The lowest BCUT2D eigenvalue weighted by Crippen LogP contribution is -2.28.